The van der Waals surface area contributed by atoms with Crippen molar-refractivity contribution in [1.82, 2.24) is 4.72 Å². The van der Waals surface area contributed by atoms with Crippen molar-refractivity contribution in [1.29, 1.82) is 0 Å². The van der Waals surface area contributed by atoms with Gasteiger partial charge in [0.05, 0.1) is 10.0 Å². The third kappa shape index (κ3) is 3.08. The Labute approximate surface area is 99.4 Å². The molecule has 0 atom stereocenters. The molecule has 0 aliphatic rings. The van der Waals surface area contributed by atoms with Gasteiger partial charge < -0.3 is 0 Å². The van der Waals surface area contributed by atoms with Crippen LogP contribution in [0.15, 0.2) is 23.1 Å². The summed E-state index contributed by atoms with van der Waals surface area (Å²) in [6.45, 7) is 3.45. The van der Waals surface area contributed by atoms with Crippen LogP contribution in [-0.2, 0) is 10.0 Å². The highest BCUT2D eigenvalue weighted by Crippen LogP contribution is 2.28. The van der Waals surface area contributed by atoms with Crippen molar-refractivity contribution >= 4 is 33.2 Å². The molecular formula is C9H11Cl2NO2S. The van der Waals surface area contributed by atoms with Gasteiger partial charge in [-0.3, -0.25) is 0 Å². The van der Waals surface area contributed by atoms with Gasteiger partial charge in [-0.15, -0.1) is 0 Å². The van der Waals surface area contributed by atoms with Gasteiger partial charge in [0.2, 0.25) is 10.0 Å². The quantitative estimate of drug-likeness (QED) is 0.916. The van der Waals surface area contributed by atoms with Crippen LogP contribution in [-0.4, -0.2) is 14.5 Å². The first-order chi connectivity index (χ1) is 6.84. The highest BCUT2D eigenvalue weighted by molar-refractivity contribution is 7.89. The molecule has 0 aliphatic heterocycles. The molecule has 0 amide bonds. The summed E-state index contributed by atoms with van der Waals surface area (Å²) in [6.07, 6.45) is 0. The third-order valence-electron chi connectivity index (χ3n) is 1.58. The van der Waals surface area contributed by atoms with Crippen LogP contribution in [0.5, 0.6) is 0 Å². The van der Waals surface area contributed by atoms with E-state index < -0.39 is 10.0 Å². The fraction of sp³-hybridized carbons (Fsp3) is 0.333. The number of sulfonamides is 1. The summed E-state index contributed by atoms with van der Waals surface area (Å²) in [6, 6.07) is 4.37. The van der Waals surface area contributed by atoms with Gasteiger partial charge in [-0.2, -0.15) is 0 Å². The van der Waals surface area contributed by atoms with E-state index in [1.807, 2.05) is 0 Å². The molecule has 0 saturated heterocycles. The Balaban J connectivity index is 3.27. The minimum absolute atomic E-state index is 0.0676. The number of halogens is 2. The summed E-state index contributed by atoms with van der Waals surface area (Å²) in [5.74, 6) is 0. The van der Waals surface area contributed by atoms with Gasteiger partial charge in [0.1, 0.15) is 4.90 Å². The van der Waals surface area contributed by atoms with Crippen LogP contribution in [0.4, 0.5) is 0 Å². The van der Waals surface area contributed by atoms with Gasteiger partial charge in [0, 0.05) is 6.04 Å². The van der Waals surface area contributed by atoms with E-state index in [0.717, 1.165) is 0 Å². The molecule has 1 N–H and O–H groups in total. The second kappa shape index (κ2) is 4.70. The SMILES string of the molecule is CC(C)NS(=O)(=O)c1c(Cl)cccc1Cl. The molecule has 0 aromatic heterocycles. The first-order valence-corrected chi connectivity index (χ1v) is 6.55. The topological polar surface area (TPSA) is 46.2 Å². The molecule has 0 saturated carbocycles. The van der Waals surface area contributed by atoms with Crippen LogP contribution >= 0.6 is 23.2 Å². The minimum atomic E-state index is -3.63. The zero-order valence-electron chi connectivity index (χ0n) is 8.29. The van der Waals surface area contributed by atoms with Gasteiger partial charge in [-0.25, -0.2) is 13.1 Å². The predicted octanol–water partition coefficient (Wildman–Crippen LogP) is 2.68. The molecule has 0 radical (unpaired) electrons. The van der Waals surface area contributed by atoms with E-state index in [-0.39, 0.29) is 21.0 Å². The van der Waals surface area contributed by atoms with Crippen molar-refractivity contribution < 1.29 is 8.42 Å². The van der Waals surface area contributed by atoms with E-state index in [1.54, 1.807) is 19.9 Å². The van der Waals surface area contributed by atoms with Crippen LogP contribution in [0.25, 0.3) is 0 Å². The normalized spacial score (nSPS) is 12.1. The van der Waals surface area contributed by atoms with Crippen molar-refractivity contribution in [3.63, 3.8) is 0 Å². The van der Waals surface area contributed by atoms with Crippen molar-refractivity contribution in [2.24, 2.45) is 0 Å². The number of nitrogens with one attached hydrogen (secondary N) is 1. The maximum atomic E-state index is 11.8. The molecule has 0 unspecified atom stereocenters. The lowest BCUT2D eigenvalue weighted by Crippen LogP contribution is -2.30. The van der Waals surface area contributed by atoms with Crippen LogP contribution in [0.3, 0.4) is 0 Å². The second-order valence-electron chi connectivity index (χ2n) is 3.33. The van der Waals surface area contributed by atoms with Crippen molar-refractivity contribution in [2.75, 3.05) is 0 Å². The molecule has 6 heteroatoms. The lowest BCUT2D eigenvalue weighted by Gasteiger charge is -2.11. The van der Waals surface area contributed by atoms with Crippen molar-refractivity contribution in [3.8, 4) is 0 Å². The third-order valence-corrected chi connectivity index (χ3v) is 4.19. The Hall–Kier alpha value is -0.290. The summed E-state index contributed by atoms with van der Waals surface area (Å²) in [4.78, 5) is -0.0676. The largest absolute Gasteiger partial charge is 0.243 e. The number of hydrogen-bond acceptors (Lipinski definition) is 2. The standard InChI is InChI=1S/C9H11Cl2NO2S/c1-6(2)12-15(13,14)9-7(10)4-3-5-8(9)11/h3-6,12H,1-2H3. The molecule has 1 aromatic rings. The summed E-state index contributed by atoms with van der Waals surface area (Å²) in [7, 11) is -3.63. The predicted molar refractivity (Wildman–Crippen MR) is 61.9 cm³/mol. The first kappa shape index (κ1) is 12.8. The summed E-state index contributed by atoms with van der Waals surface area (Å²) >= 11 is 11.6. The van der Waals surface area contributed by atoms with Gasteiger partial charge >= 0.3 is 0 Å². The number of hydrogen-bond donors (Lipinski definition) is 1. The maximum Gasteiger partial charge on any atom is 0.243 e. The van der Waals surface area contributed by atoms with E-state index in [4.69, 9.17) is 23.2 Å². The van der Waals surface area contributed by atoms with E-state index in [9.17, 15) is 8.42 Å². The Morgan fingerprint density at radius 2 is 1.67 bits per heavy atom. The average molecular weight is 268 g/mol. The molecule has 84 valence electrons. The van der Waals surface area contributed by atoms with E-state index in [2.05, 4.69) is 4.72 Å². The molecule has 3 nitrogen and oxygen atoms in total. The van der Waals surface area contributed by atoms with Crippen LogP contribution < -0.4 is 4.72 Å². The molecule has 0 heterocycles. The van der Waals surface area contributed by atoms with Crippen LogP contribution in [0, 0.1) is 0 Å². The minimum Gasteiger partial charge on any atom is -0.209 e. The molecule has 1 aromatic carbocycles. The van der Waals surface area contributed by atoms with Crippen LogP contribution in [0.2, 0.25) is 10.0 Å². The Kier molecular flexibility index (Phi) is 4.00. The maximum absolute atomic E-state index is 11.8. The lowest BCUT2D eigenvalue weighted by molar-refractivity contribution is 0.570. The van der Waals surface area contributed by atoms with Gasteiger partial charge in [0.15, 0.2) is 0 Å². The zero-order chi connectivity index (χ0) is 11.6. The highest BCUT2D eigenvalue weighted by atomic mass is 35.5. The Morgan fingerprint density at radius 1 is 1.20 bits per heavy atom. The second-order valence-corrected chi connectivity index (χ2v) is 5.79. The molecule has 15 heavy (non-hydrogen) atoms. The fourth-order valence-electron chi connectivity index (χ4n) is 1.11. The summed E-state index contributed by atoms with van der Waals surface area (Å²) in [5.41, 5.74) is 0. The van der Waals surface area contributed by atoms with Gasteiger partial charge in [-0.1, -0.05) is 29.3 Å². The molecule has 0 spiro atoms. The average Bonchev–Trinajstić information content (AvgIpc) is 1.99. The van der Waals surface area contributed by atoms with E-state index in [0.29, 0.717) is 0 Å². The van der Waals surface area contributed by atoms with Gasteiger partial charge in [0.25, 0.3) is 0 Å². The van der Waals surface area contributed by atoms with Crippen LogP contribution in [0.1, 0.15) is 13.8 Å². The first-order valence-electron chi connectivity index (χ1n) is 4.31. The van der Waals surface area contributed by atoms with E-state index in [1.165, 1.54) is 12.1 Å². The van der Waals surface area contributed by atoms with Crippen molar-refractivity contribution in [2.45, 2.75) is 24.8 Å². The summed E-state index contributed by atoms with van der Waals surface area (Å²) < 4.78 is 26.0. The number of benzene rings is 1. The number of rotatable bonds is 3. The monoisotopic (exact) mass is 267 g/mol. The molecule has 0 bridgehead atoms. The fourth-order valence-corrected chi connectivity index (χ4v) is 3.50. The highest BCUT2D eigenvalue weighted by Gasteiger charge is 2.21. The Bertz CT molecular complexity index is 437. The van der Waals surface area contributed by atoms with E-state index >= 15 is 0 Å². The molecule has 0 aliphatic carbocycles. The zero-order valence-corrected chi connectivity index (χ0v) is 10.6. The molecular weight excluding hydrogens is 257 g/mol. The molecule has 1 rings (SSSR count). The smallest absolute Gasteiger partial charge is 0.209 e. The van der Waals surface area contributed by atoms with Crippen molar-refractivity contribution in [3.05, 3.63) is 28.2 Å². The summed E-state index contributed by atoms with van der Waals surface area (Å²) in [5, 5.41) is 0.242. The Morgan fingerprint density at radius 3 is 2.07 bits per heavy atom. The lowest BCUT2D eigenvalue weighted by atomic mass is 10.4. The van der Waals surface area contributed by atoms with Gasteiger partial charge in [-0.05, 0) is 26.0 Å². The molecule has 0 fully saturated rings.